The smallest absolute Gasteiger partial charge is 0.213 e. The third-order valence-electron chi connectivity index (χ3n) is 5.06. The highest BCUT2D eigenvalue weighted by Crippen LogP contribution is 2.47. The van der Waals surface area contributed by atoms with Gasteiger partial charge in [-0.3, -0.25) is 4.98 Å². The number of nitrogens with zero attached hydrogens (tertiary/aromatic N) is 3. The lowest BCUT2D eigenvalue weighted by Crippen LogP contribution is -2.33. The minimum Gasteiger partial charge on any atom is -0.464 e. The molecule has 0 bridgehead atoms. The van der Waals surface area contributed by atoms with Crippen LogP contribution in [0.3, 0.4) is 0 Å². The standard InChI is InChI=1S/C22H19N3O/c1-15-8-10-16(11-9-15)22-25-20(18-6-2-3-7-21(18)26-22)13-19(24-25)17-5-4-12-23-14-17/h2-12,14,20,22H,13H2,1H3/t20-,22-/m0/s1. The molecule has 4 heteroatoms. The lowest BCUT2D eigenvalue weighted by Gasteiger charge is -2.38. The van der Waals surface area contributed by atoms with Crippen LogP contribution in [0.15, 0.2) is 78.2 Å². The second-order valence-corrected chi connectivity index (χ2v) is 6.81. The number of pyridine rings is 1. The van der Waals surface area contributed by atoms with E-state index in [0.29, 0.717) is 0 Å². The van der Waals surface area contributed by atoms with Gasteiger partial charge in [-0.15, -0.1) is 0 Å². The van der Waals surface area contributed by atoms with Crippen molar-refractivity contribution in [3.05, 3.63) is 95.3 Å². The first-order chi connectivity index (χ1) is 12.8. The number of ether oxygens (including phenoxy) is 1. The lowest BCUT2D eigenvalue weighted by molar-refractivity contribution is -0.0190. The van der Waals surface area contributed by atoms with Gasteiger partial charge in [-0.05, 0) is 19.1 Å². The fraction of sp³-hybridized carbons (Fsp3) is 0.182. The van der Waals surface area contributed by atoms with Crippen molar-refractivity contribution >= 4 is 5.71 Å². The number of rotatable bonds is 2. The lowest BCUT2D eigenvalue weighted by atomic mass is 9.96. The zero-order valence-electron chi connectivity index (χ0n) is 14.5. The Morgan fingerprint density at radius 2 is 1.85 bits per heavy atom. The Bertz CT molecular complexity index is 966. The van der Waals surface area contributed by atoms with E-state index in [1.807, 2.05) is 18.3 Å². The molecular weight excluding hydrogens is 322 g/mol. The fourth-order valence-electron chi connectivity index (χ4n) is 3.69. The zero-order chi connectivity index (χ0) is 17.5. The summed E-state index contributed by atoms with van der Waals surface area (Å²) in [5.41, 5.74) is 5.68. The Morgan fingerprint density at radius 1 is 1.00 bits per heavy atom. The molecule has 0 saturated heterocycles. The number of aryl methyl sites for hydroxylation is 1. The highest BCUT2D eigenvalue weighted by Gasteiger charge is 2.40. The number of hydrazone groups is 1. The van der Waals surface area contributed by atoms with E-state index in [1.165, 1.54) is 11.1 Å². The van der Waals surface area contributed by atoms with Crippen molar-refractivity contribution in [3.8, 4) is 5.75 Å². The maximum atomic E-state index is 6.36. The van der Waals surface area contributed by atoms with Crippen molar-refractivity contribution in [2.75, 3.05) is 0 Å². The van der Waals surface area contributed by atoms with E-state index < -0.39 is 0 Å². The van der Waals surface area contributed by atoms with Crippen molar-refractivity contribution in [2.45, 2.75) is 25.6 Å². The Balaban J connectivity index is 1.60. The Labute approximate surface area is 152 Å². The molecule has 5 rings (SSSR count). The minimum absolute atomic E-state index is 0.182. The van der Waals surface area contributed by atoms with Crippen LogP contribution < -0.4 is 4.74 Å². The van der Waals surface area contributed by atoms with Crippen molar-refractivity contribution in [1.82, 2.24) is 9.99 Å². The summed E-state index contributed by atoms with van der Waals surface area (Å²) in [7, 11) is 0. The molecule has 3 heterocycles. The molecular formula is C22H19N3O. The summed E-state index contributed by atoms with van der Waals surface area (Å²) >= 11 is 0. The summed E-state index contributed by atoms with van der Waals surface area (Å²) in [4.78, 5) is 4.25. The van der Waals surface area contributed by atoms with Crippen LogP contribution in [-0.4, -0.2) is 15.7 Å². The molecule has 2 aliphatic rings. The molecule has 2 aliphatic heterocycles. The van der Waals surface area contributed by atoms with Crippen molar-refractivity contribution < 1.29 is 4.74 Å². The van der Waals surface area contributed by atoms with Gasteiger partial charge < -0.3 is 4.74 Å². The summed E-state index contributed by atoms with van der Waals surface area (Å²) in [5, 5.41) is 7.05. The van der Waals surface area contributed by atoms with E-state index in [1.54, 1.807) is 6.20 Å². The maximum Gasteiger partial charge on any atom is 0.213 e. The van der Waals surface area contributed by atoms with Crippen LogP contribution in [0, 0.1) is 6.92 Å². The first-order valence-electron chi connectivity index (χ1n) is 8.88. The molecule has 1 aromatic heterocycles. The van der Waals surface area contributed by atoms with E-state index in [4.69, 9.17) is 9.84 Å². The second-order valence-electron chi connectivity index (χ2n) is 6.81. The van der Waals surface area contributed by atoms with Crippen LogP contribution in [0.2, 0.25) is 0 Å². The molecule has 4 nitrogen and oxygen atoms in total. The SMILES string of the molecule is Cc1ccc([C@@H]2Oc3ccccc3[C@@H]3CC(c4cccnc4)=NN32)cc1. The maximum absolute atomic E-state index is 6.36. The molecule has 0 spiro atoms. The zero-order valence-corrected chi connectivity index (χ0v) is 14.5. The van der Waals surface area contributed by atoms with Crippen molar-refractivity contribution in [2.24, 2.45) is 5.10 Å². The molecule has 0 aliphatic carbocycles. The molecule has 3 aromatic rings. The van der Waals surface area contributed by atoms with Gasteiger partial charge in [0.15, 0.2) is 0 Å². The Kier molecular flexibility index (Phi) is 3.49. The summed E-state index contributed by atoms with van der Waals surface area (Å²) < 4.78 is 6.36. The first-order valence-corrected chi connectivity index (χ1v) is 8.88. The number of para-hydroxylation sites is 1. The Morgan fingerprint density at radius 3 is 2.65 bits per heavy atom. The van der Waals surface area contributed by atoms with Crippen LogP contribution >= 0.6 is 0 Å². The predicted octanol–water partition coefficient (Wildman–Crippen LogP) is 4.63. The molecule has 2 atom stereocenters. The first kappa shape index (κ1) is 15.1. The van der Waals surface area contributed by atoms with E-state index in [9.17, 15) is 0 Å². The van der Waals surface area contributed by atoms with Gasteiger partial charge in [0.1, 0.15) is 5.75 Å². The Hall–Kier alpha value is -3.14. The predicted molar refractivity (Wildman–Crippen MR) is 101 cm³/mol. The normalized spacial score (nSPS) is 20.8. The molecule has 0 radical (unpaired) electrons. The summed E-state index contributed by atoms with van der Waals surface area (Å²) in [6, 6.07) is 21.0. The van der Waals surface area contributed by atoms with Gasteiger partial charge in [-0.2, -0.15) is 5.10 Å². The quantitative estimate of drug-likeness (QED) is 0.682. The van der Waals surface area contributed by atoms with E-state index in [0.717, 1.165) is 29.0 Å². The van der Waals surface area contributed by atoms with Crippen LogP contribution in [0.25, 0.3) is 0 Å². The van der Waals surface area contributed by atoms with Gasteiger partial charge >= 0.3 is 0 Å². The topological polar surface area (TPSA) is 37.7 Å². The van der Waals surface area contributed by atoms with Gasteiger partial charge in [0.2, 0.25) is 6.23 Å². The van der Waals surface area contributed by atoms with E-state index >= 15 is 0 Å². The van der Waals surface area contributed by atoms with Crippen molar-refractivity contribution in [1.29, 1.82) is 0 Å². The van der Waals surface area contributed by atoms with Crippen LogP contribution in [-0.2, 0) is 0 Å². The van der Waals surface area contributed by atoms with E-state index in [-0.39, 0.29) is 12.3 Å². The number of hydrogen-bond donors (Lipinski definition) is 0. The largest absolute Gasteiger partial charge is 0.464 e. The van der Waals surface area contributed by atoms with Gasteiger partial charge in [-0.1, -0.05) is 54.1 Å². The summed E-state index contributed by atoms with van der Waals surface area (Å²) in [6.45, 7) is 2.10. The molecule has 0 amide bonds. The monoisotopic (exact) mass is 341 g/mol. The molecule has 0 unspecified atom stereocenters. The molecule has 0 fully saturated rings. The van der Waals surface area contributed by atoms with Crippen LogP contribution in [0.1, 0.15) is 40.9 Å². The highest BCUT2D eigenvalue weighted by atomic mass is 16.5. The molecule has 2 aromatic carbocycles. The second kappa shape index (κ2) is 5.99. The number of benzene rings is 2. The number of hydrogen-bond acceptors (Lipinski definition) is 4. The molecule has 0 N–H and O–H groups in total. The van der Waals surface area contributed by atoms with Gasteiger partial charge in [0, 0.05) is 35.5 Å². The van der Waals surface area contributed by atoms with Gasteiger partial charge in [-0.25, -0.2) is 5.01 Å². The van der Waals surface area contributed by atoms with Crippen LogP contribution in [0.5, 0.6) is 5.75 Å². The molecule has 26 heavy (non-hydrogen) atoms. The third-order valence-corrected chi connectivity index (χ3v) is 5.06. The highest BCUT2D eigenvalue weighted by molar-refractivity contribution is 6.01. The minimum atomic E-state index is -0.218. The third kappa shape index (κ3) is 2.46. The van der Waals surface area contributed by atoms with E-state index in [2.05, 4.69) is 65.4 Å². The number of aromatic nitrogens is 1. The summed E-state index contributed by atoms with van der Waals surface area (Å²) in [6.07, 6.45) is 4.31. The molecule has 128 valence electrons. The van der Waals surface area contributed by atoms with Crippen LogP contribution in [0.4, 0.5) is 0 Å². The molecule has 0 saturated carbocycles. The number of fused-ring (bicyclic) bond motifs is 3. The van der Waals surface area contributed by atoms with Gasteiger partial charge in [0.05, 0.1) is 11.8 Å². The van der Waals surface area contributed by atoms with Gasteiger partial charge in [0.25, 0.3) is 0 Å². The van der Waals surface area contributed by atoms with Crippen molar-refractivity contribution in [3.63, 3.8) is 0 Å². The summed E-state index contributed by atoms with van der Waals surface area (Å²) in [5.74, 6) is 0.946. The average molecular weight is 341 g/mol. The average Bonchev–Trinajstić information content (AvgIpc) is 3.14. The fourth-order valence-corrected chi connectivity index (χ4v) is 3.69.